The number of ether oxygens (including phenoxy) is 1. The Kier molecular flexibility index (Phi) is 4.24. The number of aromatic nitrogens is 2. The molecule has 1 aliphatic carbocycles. The minimum Gasteiger partial charge on any atom is -0.462 e. The highest BCUT2D eigenvalue weighted by Gasteiger charge is 2.52. The van der Waals surface area contributed by atoms with Crippen molar-refractivity contribution in [2.24, 2.45) is 5.92 Å². The Bertz CT molecular complexity index is 907. The Morgan fingerprint density at radius 1 is 1.32 bits per heavy atom. The summed E-state index contributed by atoms with van der Waals surface area (Å²) in [5, 5.41) is 0.532. The van der Waals surface area contributed by atoms with Gasteiger partial charge in [0.15, 0.2) is 0 Å². The molecule has 25 heavy (non-hydrogen) atoms. The van der Waals surface area contributed by atoms with Gasteiger partial charge in [-0.15, -0.1) is 23.2 Å². The SMILES string of the molecule is O=C(OC[C@H]1CC1(Cl)Cl)c1ccc2c(=O)n3c(nc2c1)CCCCC3. The van der Waals surface area contributed by atoms with Gasteiger partial charge in [-0.05, 0) is 37.5 Å². The van der Waals surface area contributed by atoms with E-state index < -0.39 is 10.3 Å². The van der Waals surface area contributed by atoms with Crippen molar-refractivity contribution in [2.45, 2.75) is 43.0 Å². The molecular weight excluding hydrogens is 363 g/mol. The van der Waals surface area contributed by atoms with Crippen molar-refractivity contribution in [2.75, 3.05) is 6.61 Å². The summed E-state index contributed by atoms with van der Waals surface area (Å²) < 4.78 is 6.28. The molecule has 1 saturated carbocycles. The number of carbonyl (C=O) groups is 1. The molecule has 1 aromatic heterocycles. The summed E-state index contributed by atoms with van der Waals surface area (Å²) in [5.41, 5.74) is 0.894. The Morgan fingerprint density at radius 2 is 2.12 bits per heavy atom. The fourth-order valence-corrected chi connectivity index (χ4v) is 3.75. The standard InChI is InChI=1S/C18H18Cl2N2O3/c19-18(20)9-12(18)10-25-17(24)11-5-6-13-14(8-11)21-15-4-2-1-3-7-22(15)16(13)23/h5-6,8,12H,1-4,7,9-10H2/t12-/m1/s1. The van der Waals surface area contributed by atoms with Gasteiger partial charge in [0.1, 0.15) is 10.2 Å². The summed E-state index contributed by atoms with van der Waals surface area (Å²) >= 11 is 11.9. The van der Waals surface area contributed by atoms with Crippen molar-refractivity contribution in [3.05, 3.63) is 39.9 Å². The molecular formula is C18H18Cl2N2O3. The molecule has 0 amide bonds. The average Bonchev–Trinajstić information content (AvgIpc) is 3.27. The first kappa shape index (κ1) is 16.9. The molecule has 0 radical (unpaired) electrons. The lowest BCUT2D eigenvalue weighted by molar-refractivity contribution is 0.0485. The van der Waals surface area contributed by atoms with E-state index in [1.165, 1.54) is 0 Å². The van der Waals surface area contributed by atoms with Gasteiger partial charge in [-0.2, -0.15) is 0 Å². The first-order chi connectivity index (χ1) is 12.0. The topological polar surface area (TPSA) is 61.2 Å². The Labute approximate surface area is 154 Å². The fraction of sp³-hybridized carbons (Fsp3) is 0.500. The van der Waals surface area contributed by atoms with E-state index in [2.05, 4.69) is 4.98 Å². The number of carbonyl (C=O) groups excluding carboxylic acids is 1. The number of nitrogens with zero attached hydrogens (tertiary/aromatic N) is 2. The van der Waals surface area contributed by atoms with E-state index in [1.54, 1.807) is 22.8 Å². The second-order valence-corrected chi connectivity index (χ2v) is 8.33. The smallest absolute Gasteiger partial charge is 0.338 e. The van der Waals surface area contributed by atoms with Crippen LogP contribution in [0.4, 0.5) is 0 Å². The Morgan fingerprint density at radius 3 is 2.88 bits per heavy atom. The maximum atomic E-state index is 12.7. The van der Waals surface area contributed by atoms with Gasteiger partial charge < -0.3 is 4.74 Å². The molecule has 0 bridgehead atoms. The Hall–Kier alpha value is -1.59. The molecule has 2 heterocycles. The first-order valence-electron chi connectivity index (χ1n) is 8.54. The number of esters is 1. The van der Waals surface area contributed by atoms with E-state index in [0.29, 0.717) is 29.4 Å². The average molecular weight is 381 g/mol. The van der Waals surface area contributed by atoms with Gasteiger partial charge in [-0.3, -0.25) is 9.36 Å². The van der Waals surface area contributed by atoms with Gasteiger partial charge in [-0.25, -0.2) is 9.78 Å². The second kappa shape index (κ2) is 6.29. The quantitative estimate of drug-likeness (QED) is 0.603. The summed E-state index contributed by atoms with van der Waals surface area (Å²) in [4.78, 5) is 29.5. The number of hydrogen-bond donors (Lipinski definition) is 0. The zero-order valence-electron chi connectivity index (χ0n) is 13.6. The number of rotatable bonds is 3. The number of halogens is 2. The lowest BCUT2D eigenvalue weighted by Gasteiger charge is -2.11. The van der Waals surface area contributed by atoms with Crippen LogP contribution in [-0.4, -0.2) is 26.5 Å². The normalized spacial score (nSPS) is 21.4. The van der Waals surface area contributed by atoms with E-state index in [4.69, 9.17) is 27.9 Å². The molecule has 2 aliphatic rings. The maximum Gasteiger partial charge on any atom is 0.338 e. The minimum absolute atomic E-state index is 0.0150. The maximum absolute atomic E-state index is 12.7. The van der Waals surface area contributed by atoms with Crippen molar-refractivity contribution in [3.63, 3.8) is 0 Å². The number of aryl methyl sites for hydroxylation is 1. The number of alkyl halides is 2. The van der Waals surface area contributed by atoms with Crippen LogP contribution < -0.4 is 5.56 Å². The van der Waals surface area contributed by atoms with Crippen molar-refractivity contribution >= 4 is 40.1 Å². The molecule has 1 atom stereocenters. The molecule has 132 valence electrons. The molecule has 4 rings (SSSR count). The lowest BCUT2D eigenvalue weighted by Crippen LogP contribution is -2.24. The van der Waals surface area contributed by atoms with Gasteiger partial charge in [0.2, 0.25) is 0 Å². The number of hydrogen-bond acceptors (Lipinski definition) is 4. The van der Waals surface area contributed by atoms with E-state index in [1.807, 2.05) is 0 Å². The molecule has 7 heteroatoms. The lowest BCUT2D eigenvalue weighted by atomic mass is 10.1. The molecule has 1 fully saturated rings. The van der Waals surface area contributed by atoms with Gasteiger partial charge in [0, 0.05) is 18.9 Å². The third kappa shape index (κ3) is 3.27. The van der Waals surface area contributed by atoms with Crippen LogP contribution >= 0.6 is 23.2 Å². The highest BCUT2D eigenvalue weighted by atomic mass is 35.5. The molecule has 1 aliphatic heterocycles. The van der Waals surface area contributed by atoms with Crippen LogP contribution in [0.15, 0.2) is 23.0 Å². The third-order valence-electron chi connectivity index (χ3n) is 4.92. The molecule has 0 spiro atoms. The highest BCUT2D eigenvalue weighted by Crippen LogP contribution is 2.53. The summed E-state index contributed by atoms with van der Waals surface area (Å²) in [6.07, 6.45) is 4.54. The third-order valence-corrected chi connectivity index (χ3v) is 5.85. The van der Waals surface area contributed by atoms with Gasteiger partial charge in [0.05, 0.1) is 23.1 Å². The first-order valence-corrected chi connectivity index (χ1v) is 9.30. The largest absolute Gasteiger partial charge is 0.462 e. The Balaban J connectivity index is 1.61. The summed E-state index contributed by atoms with van der Waals surface area (Å²) in [7, 11) is 0. The molecule has 0 saturated heterocycles. The zero-order valence-corrected chi connectivity index (χ0v) is 15.1. The van der Waals surface area contributed by atoms with Gasteiger partial charge in [0.25, 0.3) is 5.56 Å². The molecule has 0 unspecified atom stereocenters. The van der Waals surface area contributed by atoms with Crippen molar-refractivity contribution in [1.29, 1.82) is 0 Å². The van der Waals surface area contributed by atoms with Crippen LogP contribution in [0.25, 0.3) is 10.9 Å². The van der Waals surface area contributed by atoms with Crippen LogP contribution in [0.3, 0.4) is 0 Å². The summed E-state index contributed by atoms with van der Waals surface area (Å²) in [6, 6.07) is 4.90. The monoisotopic (exact) mass is 380 g/mol. The van der Waals surface area contributed by atoms with E-state index >= 15 is 0 Å². The summed E-state index contributed by atoms with van der Waals surface area (Å²) in [6.45, 7) is 0.908. The van der Waals surface area contributed by atoms with Gasteiger partial charge >= 0.3 is 5.97 Å². The predicted octanol–water partition coefficient (Wildman–Crippen LogP) is 3.47. The summed E-state index contributed by atoms with van der Waals surface area (Å²) in [5.74, 6) is 0.334. The van der Waals surface area contributed by atoms with Crippen molar-refractivity contribution < 1.29 is 9.53 Å². The van der Waals surface area contributed by atoms with Gasteiger partial charge in [-0.1, -0.05) is 6.42 Å². The fourth-order valence-electron chi connectivity index (χ4n) is 3.26. The predicted molar refractivity (Wildman–Crippen MR) is 96.4 cm³/mol. The van der Waals surface area contributed by atoms with Crippen LogP contribution in [-0.2, 0) is 17.7 Å². The van der Waals surface area contributed by atoms with Crippen LogP contribution in [0, 0.1) is 5.92 Å². The highest BCUT2D eigenvalue weighted by molar-refractivity contribution is 6.50. The van der Waals surface area contributed by atoms with E-state index in [9.17, 15) is 9.59 Å². The molecule has 2 aromatic rings. The second-order valence-electron chi connectivity index (χ2n) is 6.79. The van der Waals surface area contributed by atoms with Crippen LogP contribution in [0.2, 0.25) is 0 Å². The van der Waals surface area contributed by atoms with Crippen LogP contribution in [0.5, 0.6) is 0 Å². The van der Waals surface area contributed by atoms with Crippen LogP contribution in [0.1, 0.15) is 41.9 Å². The molecule has 0 N–H and O–H groups in total. The molecule has 1 aromatic carbocycles. The number of fused-ring (bicyclic) bond motifs is 2. The number of benzene rings is 1. The van der Waals surface area contributed by atoms with Crippen molar-refractivity contribution in [3.8, 4) is 0 Å². The van der Waals surface area contributed by atoms with E-state index in [0.717, 1.165) is 31.5 Å². The van der Waals surface area contributed by atoms with Crippen molar-refractivity contribution in [1.82, 2.24) is 9.55 Å². The minimum atomic E-state index is -0.766. The van der Waals surface area contributed by atoms with E-state index in [-0.39, 0.29) is 18.1 Å². The molecule has 5 nitrogen and oxygen atoms in total. The zero-order chi connectivity index (χ0) is 17.6.